The minimum Gasteiger partial charge on any atom is -0.508 e. The molecule has 5 heteroatoms. The van der Waals surface area contributed by atoms with Crippen LogP contribution in [0.1, 0.15) is 25.3 Å². The number of rotatable bonds is 3. The minimum absolute atomic E-state index is 0.0804. The molecule has 2 atom stereocenters. The summed E-state index contributed by atoms with van der Waals surface area (Å²) in [5.74, 6) is -0.945. The van der Waals surface area contributed by atoms with Gasteiger partial charge in [-0.05, 0) is 37.0 Å². The maximum absolute atomic E-state index is 11.6. The van der Waals surface area contributed by atoms with Crippen LogP contribution in [-0.4, -0.2) is 39.1 Å². The molecule has 1 aromatic rings. The molecule has 2 unspecified atom stereocenters. The van der Waals surface area contributed by atoms with Crippen LogP contribution in [0.15, 0.2) is 24.3 Å². The van der Waals surface area contributed by atoms with Crippen LogP contribution in [0.25, 0.3) is 0 Å². The van der Waals surface area contributed by atoms with Gasteiger partial charge in [-0.2, -0.15) is 0 Å². The number of benzene rings is 1. The van der Waals surface area contributed by atoms with Crippen molar-refractivity contribution in [2.45, 2.75) is 38.3 Å². The number of phenols is 1. The van der Waals surface area contributed by atoms with Crippen LogP contribution < -0.4 is 0 Å². The molecule has 2 N–H and O–H groups in total. The number of nitrogens with zero attached hydrogens (tertiary/aromatic N) is 1. The summed E-state index contributed by atoms with van der Waals surface area (Å²) in [6.45, 7) is 1.41. The van der Waals surface area contributed by atoms with E-state index in [9.17, 15) is 14.7 Å². The number of phenolic OH excluding ortho intramolecular Hbond substituents is 1. The smallest absolute Gasteiger partial charge is 0.326 e. The Kier molecular flexibility index (Phi) is 3.74. The molecular formula is C14H17NO4. The Morgan fingerprint density at radius 3 is 2.42 bits per heavy atom. The van der Waals surface area contributed by atoms with E-state index in [-0.39, 0.29) is 17.7 Å². The van der Waals surface area contributed by atoms with Gasteiger partial charge in [0.05, 0.1) is 0 Å². The minimum atomic E-state index is -0.941. The van der Waals surface area contributed by atoms with Crippen LogP contribution in [0.5, 0.6) is 5.75 Å². The van der Waals surface area contributed by atoms with Crippen molar-refractivity contribution < 1.29 is 19.8 Å². The van der Waals surface area contributed by atoms with Gasteiger partial charge in [-0.3, -0.25) is 4.79 Å². The normalized spacial score (nSPS) is 22.5. The second-order valence-corrected chi connectivity index (χ2v) is 4.88. The Balaban J connectivity index is 2.13. The maximum Gasteiger partial charge on any atom is 0.326 e. The van der Waals surface area contributed by atoms with E-state index in [0.29, 0.717) is 19.3 Å². The molecule has 2 rings (SSSR count). The molecule has 1 saturated heterocycles. The van der Waals surface area contributed by atoms with Gasteiger partial charge in [0, 0.05) is 13.0 Å². The van der Waals surface area contributed by atoms with Crippen molar-refractivity contribution in [1.29, 1.82) is 0 Å². The van der Waals surface area contributed by atoms with Crippen molar-refractivity contribution in [3.8, 4) is 5.75 Å². The molecule has 1 aliphatic rings. The highest BCUT2D eigenvalue weighted by atomic mass is 16.4. The Bertz CT molecular complexity index is 483. The summed E-state index contributed by atoms with van der Waals surface area (Å²) in [4.78, 5) is 24.2. The molecule has 1 amide bonds. The van der Waals surface area contributed by atoms with Gasteiger partial charge in [-0.1, -0.05) is 12.1 Å². The summed E-state index contributed by atoms with van der Waals surface area (Å²) in [5, 5.41) is 18.4. The average molecular weight is 263 g/mol. The Hall–Kier alpha value is -2.04. The summed E-state index contributed by atoms with van der Waals surface area (Å²) in [5.41, 5.74) is 0.986. The van der Waals surface area contributed by atoms with E-state index in [1.165, 1.54) is 11.8 Å². The number of hydrogen-bond donors (Lipinski definition) is 2. The Morgan fingerprint density at radius 1 is 1.26 bits per heavy atom. The Labute approximate surface area is 111 Å². The fraction of sp³-hybridized carbons (Fsp3) is 0.429. The van der Waals surface area contributed by atoms with Crippen molar-refractivity contribution in [2.24, 2.45) is 0 Å². The van der Waals surface area contributed by atoms with Gasteiger partial charge < -0.3 is 15.1 Å². The van der Waals surface area contributed by atoms with Crippen molar-refractivity contribution in [3.05, 3.63) is 29.8 Å². The predicted molar refractivity (Wildman–Crippen MR) is 68.8 cm³/mol. The zero-order chi connectivity index (χ0) is 14.0. The maximum atomic E-state index is 11.6. The number of aliphatic carboxylic acids is 1. The number of hydrogen-bond acceptors (Lipinski definition) is 3. The van der Waals surface area contributed by atoms with Crippen LogP contribution in [0.3, 0.4) is 0 Å². The lowest BCUT2D eigenvalue weighted by Gasteiger charge is -2.27. The average Bonchev–Trinajstić information content (AvgIpc) is 2.76. The molecule has 102 valence electrons. The van der Waals surface area contributed by atoms with E-state index in [1.54, 1.807) is 24.3 Å². The van der Waals surface area contributed by atoms with E-state index >= 15 is 0 Å². The lowest BCUT2D eigenvalue weighted by Crippen LogP contribution is -2.44. The highest BCUT2D eigenvalue weighted by Gasteiger charge is 2.39. The van der Waals surface area contributed by atoms with Crippen molar-refractivity contribution in [3.63, 3.8) is 0 Å². The third-order valence-electron chi connectivity index (χ3n) is 3.56. The quantitative estimate of drug-likeness (QED) is 0.864. The van der Waals surface area contributed by atoms with Gasteiger partial charge in [0.1, 0.15) is 11.8 Å². The van der Waals surface area contributed by atoms with Crippen LogP contribution in [0, 0.1) is 0 Å². The molecule has 5 nitrogen and oxygen atoms in total. The zero-order valence-corrected chi connectivity index (χ0v) is 10.7. The summed E-state index contributed by atoms with van der Waals surface area (Å²) < 4.78 is 0. The molecule has 0 saturated carbocycles. The van der Waals surface area contributed by atoms with Gasteiger partial charge in [-0.15, -0.1) is 0 Å². The first kappa shape index (κ1) is 13.4. The predicted octanol–water partition coefficient (Wildman–Crippen LogP) is 1.40. The first-order valence-corrected chi connectivity index (χ1v) is 6.28. The van der Waals surface area contributed by atoms with Gasteiger partial charge >= 0.3 is 5.97 Å². The third kappa shape index (κ3) is 2.86. The summed E-state index contributed by atoms with van der Waals surface area (Å²) in [6.07, 6.45) is 1.80. The molecule has 19 heavy (non-hydrogen) atoms. The highest BCUT2D eigenvalue weighted by molar-refractivity contribution is 5.83. The van der Waals surface area contributed by atoms with E-state index < -0.39 is 12.0 Å². The fourth-order valence-electron chi connectivity index (χ4n) is 2.71. The van der Waals surface area contributed by atoms with E-state index in [0.717, 1.165) is 5.56 Å². The molecule has 1 aromatic carbocycles. The number of amides is 1. The topological polar surface area (TPSA) is 77.8 Å². The van der Waals surface area contributed by atoms with Crippen LogP contribution in [0.2, 0.25) is 0 Å². The van der Waals surface area contributed by atoms with Crippen LogP contribution >= 0.6 is 0 Å². The SMILES string of the molecule is CC(=O)N1C(Cc2ccc(O)cc2)CCC1C(=O)O. The standard InChI is InChI=1S/C14H17NO4/c1-9(16)15-11(4-7-13(15)14(18)19)8-10-2-5-12(17)6-3-10/h2-3,5-6,11,13,17H,4,7-8H2,1H3,(H,18,19). The van der Waals surface area contributed by atoms with Gasteiger partial charge in [0.25, 0.3) is 0 Å². The Morgan fingerprint density at radius 2 is 1.89 bits per heavy atom. The number of carbonyl (C=O) groups excluding carboxylic acids is 1. The first-order valence-electron chi connectivity index (χ1n) is 6.28. The number of carbonyl (C=O) groups is 2. The number of likely N-dealkylation sites (tertiary alicyclic amines) is 1. The third-order valence-corrected chi connectivity index (χ3v) is 3.56. The summed E-state index contributed by atoms with van der Waals surface area (Å²) in [6, 6.07) is 5.99. The molecule has 1 heterocycles. The van der Waals surface area contributed by atoms with Crippen LogP contribution in [-0.2, 0) is 16.0 Å². The summed E-state index contributed by atoms with van der Waals surface area (Å²) >= 11 is 0. The van der Waals surface area contributed by atoms with Gasteiger partial charge in [0.15, 0.2) is 0 Å². The number of carboxylic acid groups (broad SMARTS) is 1. The molecule has 0 radical (unpaired) electrons. The molecule has 0 bridgehead atoms. The van der Waals surface area contributed by atoms with Crippen LogP contribution in [0.4, 0.5) is 0 Å². The number of aromatic hydroxyl groups is 1. The van der Waals surface area contributed by atoms with E-state index in [2.05, 4.69) is 0 Å². The summed E-state index contributed by atoms with van der Waals surface area (Å²) in [7, 11) is 0. The molecule has 1 fully saturated rings. The lowest BCUT2D eigenvalue weighted by molar-refractivity contribution is -0.148. The second kappa shape index (κ2) is 5.30. The zero-order valence-electron chi connectivity index (χ0n) is 10.7. The monoisotopic (exact) mass is 263 g/mol. The second-order valence-electron chi connectivity index (χ2n) is 4.88. The number of carboxylic acids is 1. The van der Waals surface area contributed by atoms with Gasteiger partial charge in [0.2, 0.25) is 5.91 Å². The van der Waals surface area contributed by atoms with E-state index in [4.69, 9.17) is 5.11 Å². The van der Waals surface area contributed by atoms with Gasteiger partial charge in [-0.25, -0.2) is 4.79 Å². The lowest BCUT2D eigenvalue weighted by atomic mass is 10.0. The highest BCUT2D eigenvalue weighted by Crippen LogP contribution is 2.27. The molecule has 1 aliphatic heterocycles. The molecule has 0 aromatic heterocycles. The fourth-order valence-corrected chi connectivity index (χ4v) is 2.71. The van der Waals surface area contributed by atoms with E-state index in [1.807, 2.05) is 0 Å². The molecular weight excluding hydrogens is 246 g/mol. The van der Waals surface area contributed by atoms with Crippen molar-refractivity contribution in [2.75, 3.05) is 0 Å². The largest absolute Gasteiger partial charge is 0.508 e. The molecule has 0 aliphatic carbocycles. The first-order chi connectivity index (χ1) is 8.99. The molecule has 0 spiro atoms. The van der Waals surface area contributed by atoms with Crippen molar-refractivity contribution in [1.82, 2.24) is 4.90 Å². The van der Waals surface area contributed by atoms with Crippen molar-refractivity contribution >= 4 is 11.9 Å².